The minimum Gasteiger partial charge on any atom is -0.373 e. The van der Waals surface area contributed by atoms with Gasteiger partial charge in [-0.1, -0.05) is 36.4 Å². The van der Waals surface area contributed by atoms with Gasteiger partial charge in [0.05, 0.1) is 23.6 Å². The topological polar surface area (TPSA) is 32.8 Å². The molecule has 2 fully saturated rings. The highest BCUT2D eigenvalue weighted by Gasteiger charge is 2.41. The van der Waals surface area contributed by atoms with Crippen molar-refractivity contribution in [2.45, 2.75) is 18.7 Å². The molecule has 4 rings (SSSR count). The first-order valence-electron chi connectivity index (χ1n) is 8.03. The Morgan fingerprint density at radius 1 is 1.17 bits per heavy atom. The normalized spacial score (nSPS) is 24.6. The molecule has 0 N–H and O–H groups in total. The molecule has 3 heterocycles. The van der Waals surface area contributed by atoms with Crippen LogP contribution in [0.5, 0.6) is 0 Å². The quantitative estimate of drug-likeness (QED) is 0.868. The number of likely N-dealkylation sites (tertiary alicyclic amines) is 1. The van der Waals surface area contributed by atoms with Gasteiger partial charge in [-0.25, -0.2) is 0 Å². The van der Waals surface area contributed by atoms with Crippen LogP contribution in [0.3, 0.4) is 0 Å². The third kappa shape index (κ3) is 3.04. The van der Waals surface area contributed by atoms with Crippen molar-refractivity contribution in [1.29, 1.82) is 0 Å². The summed E-state index contributed by atoms with van der Waals surface area (Å²) in [6.07, 6.45) is 0.136. The summed E-state index contributed by atoms with van der Waals surface area (Å²) in [5.74, 6) is 0.137. The molecule has 5 heteroatoms. The molecule has 2 aromatic rings. The third-order valence-electron chi connectivity index (χ3n) is 4.66. The van der Waals surface area contributed by atoms with E-state index in [4.69, 9.17) is 4.74 Å². The largest absolute Gasteiger partial charge is 0.373 e. The minimum absolute atomic E-state index is 0.136. The van der Waals surface area contributed by atoms with E-state index in [-0.39, 0.29) is 12.0 Å². The lowest BCUT2D eigenvalue weighted by Crippen LogP contribution is -2.50. The Hall–Kier alpha value is -1.69. The molecule has 0 spiro atoms. The van der Waals surface area contributed by atoms with Crippen LogP contribution in [0.25, 0.3) is 0 Å². The van der Waals surface area contributed by atoms with E-state index in [1.165, 1.54) is 16.9 Å². The zero-order valence-corrected chi connectivity index (χ0v) is 13.7. The monoisotopic (exact) mass is 328 g/mol. The molecular weight excluding hydrogens is 308 g/mol. The van der Waals surface area contributed by atoms with Crippen molar-refractivity contribution < 1.29 is 9.53 Å². The molecule has 2 aliphatic rings. The predicted octanol–water partition coefficient (Wildman–Crippen LogP) is 2.47. The summed E-state index contributed by atoms with van der Waals surface area (Å²) in [5, 5.41) is 1.95. The Balaban J connectivity index is 1.47. The van der Waals surface area contributed by atoms with Crippen LogP contribution in [0, 0.1) is 0 Å². The summed E-state index contributed by atoms with van der Waals surface area (Å²) in [4.78, 5) is 17.8. The second-order valence-corrected chi connectivity index (χ2v) is 7.07. The van der Waals surface area contributed by atoms with Gasteiger partial charge in [-0.2, -0.15) is 0 Å². The van der Waals surface area contributed by atoms with E-state index >= 15 is 0 Å². The van der Waals surface area contributed by atoms with Gasteiger partial charge in [0.2, 0.25) is 0 Å². The third-order valence-corrected chi connectivity index (χ3v) is 5.52. The average Bonchev–Trinajstić information content (AvgIpc) is 3.25. The zero-order chi connectivity index (χ0) is 15.6. The Bertz CT molecular complexity index is 659. The maximum absolute atomic E-state index is 12.6. The number of carbonyl (C=O) groups excluding carboxylic acids is 1. The van der Waals surface area contributed by atoms with Gasteiger partial charge in [0, 0.05) is 26.2 Å². The smallest absolute Gasteiger partial charge is 0.264 e. The molecule has 120 valence electrons. The Morgan fingerprint density at radius 3 is 2.83 bits per heavy atom. The molecule has 1 amide bonds. The molecule has 4 nitrogen and oxygen atoms in total. The lowest BCUT2D eigenvalue weighted by atomic mass is 10.1. The lowest BCUT2D eigenvalue weighted by Gasteiger charge is -2.36. The van der Waals surface area contributed by atoms with Crippen molar-refractivity contribution >= 4 is 17.2 Å². The summed E-state index contributed by atoms with van der Waals surface area (Å²) in [6, 6.07) is 14.7. The first kappa shape index (κ1) is 14.9. The number of hydrogen-bond donors (Lipinski definition) is 0. The van der Waals surface area contributed by atoms with Gasteiger partial charge in [0.15, 0.2) is 0 Å². The van der Waals surface area contributed by atoms with Crippen LogP contribution in [-0.2, 0) is 11.3 Å². The van der Waals surface area contributed by atoms with Crippen molar-refractivity contribution in [2.24, 2.45) is 0 Å². The molecular formula is C18H20N2O2S. The molecule has 2 atom stereocenters. The molecule has 0 unspecified atom stereocenters. The first-order valence-corrected chi connectivity index (χ1v) is 8.91. The number of amides is 1. The lowest BCUT2D eigenvalue weighted by molar-refractivity contribution is -0.0503. The molecule has 0 aliphatic carbocycles. The van der Waals surface area contributed by atoms with Crippen LogP contribution in [0.15, 0.2) is 47.8 Å². The molecule has 1 aromatic heterocycles. The number of hydrogen-bond acceptors (Lipinski definition) is 4. The van der Waals surface area contributed by atoms with Crippen LogP contribution in [0.2, 0.25) is 0 Å². The van der Waals surface area contributed by atoms with E-state index in [9.17, 15) is 4.79 Å². The standard InChI is InChI=1S/C18H20N2O2S/c21-18(17-7-4-10-23-17)20-12-15-16(13-20)22-9-8-19(15)11-14-5-2-1-3-6-14/h1-7,10,15-16H,8-9,11-13H2/t15-,16-/m1/s1. The second kappa shape index (κ2) is 6.43. The number of fused-ring (bicyclic) bond motifs is 1. The minimum atomic E-state index is 0.136. The summed E-state index contributed by atoms with van der Waals surface area (Å²) >= 11 is 1.51. The number of rotatable bonds is 3. The van der Waals surface area contributed by atoms with E-state index < -0.39 is 0 Å². The SMILES string of the molecule is O=C(c1cccs1)N1C[C@@H]2[C@@H](C1)OCCN2Cc1ccccc1. The van der Waals surface area contributed by atoms with E-state index in [1.54, 1.807) is 0 Å². The van der Waals surface area contributed by atoms with Crippen LogP contribution >= 0.6 is 11.3 Å². The van der Waals surface area contributed by atoms with E-state index in [2.05, 4.69) is 29.2 Å². The fraction of sp³-hybridized carbons (Fsp3) is 0.389. The number of nitrogens with zero attached hydrogens (tertiary/aromatic N) is 2. The first-order chi connectivity index (χ1) is 11.3. The van der Waals surface area contributed by atoms with Gasteiger partial charge in [-0.05, 0) is 17.0 Å². The molecule has 0 bridgehead atoms. The van der Waals surface area contributed by atoms with Gasteiger partial charge < -0.3 is 9.64 Å². The van der Waals surface area contributed by atoms with E-state index in [0.717, 1.165) is 31.1 Å². The van der Waals surface area contributed by atoms with Crippen molar-refractivity contribution in [2.75, 3.05) is 26.2 Å². The van der Waals surface area contributed by atoms with Gasteiger partial charge in [-0.3, -0.25) is 9.69 Å². The fourth-order valence-electron chi connectivity index (χ4n) is 3.49. The van der Waals surface area contributed by atoms with Gasteiger partial charge in [0.25, 0.3) is 5.91 Å². The number of carbonyl (C=O) groups is 1. The highest BCUT2D eigenvalue weighted by Crippen LogP contribution is 2.26. The Kier molecular flexibility index (Phi) is 4.16. The highest BCUT2D eigenvalue weighted by atomic mass is 32.1. The van der Waals surface area contributed by atoms with E-state index in [1.807, 2.05) is 28.5 Å². The number of thiophene rings is 1. The molecule has 0 saturated carbocycles. The van der Waals surface area contributed by atoms with Crippen molar-refractivity contribution in [3.05, 3.63) is 58.3 Å². The van der Waals surface area contributed by atoms with Crippen LogP contribution in [-0.4, -0.2) is 54.1 Å². The average molecular weight is 328 g/mol. The van der Waals surface area contributed by atoms with Crippen molar-refractivity contribution in [1.82, 2.24) is 9.80 Å². The molecule has 23 heavy (non-hydrogen) atoms. The zero-order valence-electron chi connectivity index (χ0n) is 12.9. The molecule has 2 aliphatic heterocycles. The van der Waals surface area contributed by atoms with Crippen LogP contribution < -0.4 is 0 Å². The molecule has 2 saturated heterocycles. The summed E-state index contributed by atoms with van der Waals surface area (Å²) < 4.78 is 5.94. The Labute approximate surface area is 140 Å². The van der Waals surface area contributed by atoms with Crippen molar-refractivity contribution in [3.8, 4) is 0 Å². The van der Waals surface area contributed by atoms with Gasteiger partial charge >= 0.3 is 0 Å². The summed E-state index contributed by atoms with van der Waals surface area (Å²) in [5.41, 5.74) is 1.32. The molecule has 1 aromatic carbocycles. The number of benzene rings is 1. The summed E-state index contributed by atoms with van der Waals surface area (Å²) in [7, 11) is 0. The number of morpholine rings is 1. The van der Waals surface area contributed by atoms with E-state index in [0.29, 0.717) is 12.6 Å². The maximum atomic E-state index is 12.6. The maximum Gasteiger partial charge on any atom is 0.264 e. The second-order valence-electron chi connectivity index (χ2n) is 6.12. The Morgan fingerprint density at radius 2 is 2.04 bits per heavy atom. The highest BCUT2D eigenvalue weighted by molar-refractivity contribution is 7.12. The van der Waals surface area contributed by atoms with Crippen LogP contribution in [0.1, 0.15) is 15.2 Å². The van der Waals surface area contributed by atoms with Crippen LogP contribution in [0.4, 0.5) is 0 Å². The van der Waals surface area contributed by atoms with Gasteiger partial charge in [0.1, 0.15) is 0 Å². The number of ether oxygens (including phenoxy) is 1. The molecule has 0 radical (unpaired) electrons. The van der Waals surface area contributed by atoms with Gasteiger partial charge in [-0.15, -0.1) is 11.3 Å². The fourth-order valence-corrected chi connectivity index (χ4v) is 4.19. The van der Waals surface area contributed by atoms with Crippen molar-refractivity contribution in [3.63, 3.8) is 0 Å². The predicted molar refractivity (Wildman–Crippen MR) is 90.6 cm³/mol. The summed E-state index contributed by atoms with van der Waals surface area (Å²) in [6.45, 7) is 4.06.